The Kier molecular flexibility index (Phi) is 6.01. The zero-order chi connectivity index (χ0) is 21.0. The summed E-state index contributed by atoms with van der Waals surface area (Å²) in [5, 5.41) is 21.8. The van der Waals surface area contributed by atoms with E-state index in [9.17, 15) is 10.2 Å². The minimum Gasteiger partial charge on any atom is -0.393 e. The van der Waals surface area contributed by atoms with Crippen molar-refractivity contribution in [3.05, 3.63) is 11.6 Å². The second kappa shape index (κ2) is 7.97. The molecule has 2 nitrogen and oxygen atoms in total. The second-order valence-electron chi connectivity index (χ2n) is 12.4. The molecule has 0 saturated heterocycles. The van der Waals surface area contributed by atoms with Crippen molar-refractivity contribution in [2.75, 3.05) is 0 Å². The number of allylic oxidation sites excluding steroid dienone is 1. The Hall–Kier alpha value is -0.340. The summed E-state index contributed by atoms with van der Waals surface area (Å²) < 4.78 is 0. The number of aliphatic hydroxyl groups excluding tert-OH is 2. The first-order valence-corrected chi connectivity index (χ1v) is 12.7. The molecule has 0 aromatic rings. The standard InChI is InChI=1S/C27H46O2/c1-17(2)7-6-8-18(3)22-11-12-23-21-10-9-19-15-20(28)13-14-26(19,4)25(21)24(29)16-27(22,23)5/h10,17-20,22-25,28-29H,6-9,11-16H2,1-5H3/t18-,19+,20+,22-,23+,24+,25-,26+,27-/m1/s1. The average Bonchev–Trinajstić information content (AvgIpc) is 2.98. The number of aliphatic hydroxyl groups is 2. The van der Waals surface area contributed by atoms with Gasteiger partial charge in [-0.2, -0.15) is 0 Å². The number of hydrogen-bond donors (Lipinski definition) is 2. The van der Waals surface area contributed by atoms with Crippen LogP contribution in [0.1, 0.15) is 98.8 Å². The highest BCUT2D eigenvalue weighted by Gasteiger charge is 2.60. The summed E-state index contributed by atoms with van der Waals surface area (Å²) in [6.07, 6.45) is 14.0. The Morgan fingerprint density at radius 2 is 1.79 bits per heavy atom. The highest BCUT2D eigenvalue weighted by Crippen LogP contribution is 2.66. The first kappa shape index (κ1) is 21.9. The van der Waals surface area contributed by atoms with Crippen molar-refractivity contribution in [1.29, 1.82) is 0 Å². The van der Waals surface area contributed by atoms with Crippen LogP contribution in [-0.4, -0.2) is 22.4 Å². The van der Waals surface area contributed by atoms with Crippen LogP contribution in [-0.2, 0) is 0 Å². The normalized spacial score (nSPS) is 47.9. The molecule has 166 valence electrons. The van der Waals surface area contributed by atoms with Crippen molar-refractivity contribution in [3.63, 3.8) is 0 Å². The van der Waals surface area contributed by atoms with Crippen LogP contribution in [0.15, 0.2) is 11.6 Å². The van der Waals surface area contributed by atoms with E-state index in [0.29, 0.717) is 17.8 Å². The summed E-state index contributed by atoms with van der Waals surface area (Å²) in [6, 6.07) is 0. The Bertz CT molecular complexity index is 624. The van der Waals surface area contributed by atoms with Crippen LogP contribution in [0, 0.1) is 46.3 Å². The molecule has 9 atom stereocenters. The topological polar surface area (TPSA) is 40.5 Å². The third-order valence-electron chi connectivity index (χ3n) is 10.2. The zero-order valence-electron chi connectivity index (χ0n) is 19.7. The van der Waals surface area contributed by atoms with Gasteiger partial charge in [-0.1, -0.05) is 65.5 Å². The Morgan fingerprint density at radius 3 is 2.52 bits per heavy atom. The van der Waals surface area contributed by atoms with Gasteiger partial charge in [-0.3, -0.25) is 0 Å². The number of hydrogen-bond acceptors (Lipinski definition) is 2. The van der Waals surface area contributed by atoms with Crippen molar-refractivity contribution in [3.8, 4) is 0 Å². The predicted octanol–water partition coefficient (Wildman–Crippen LogP) is 6.36. The molecule has 2 N–H and O–H groups in total. The molecule has 0 radical (unpaired) electrons. The van der Waals surface area contributed by atoms with E-state index in [1.165, 1.54) is 32.1 Å². The van der Waals surface area contributed by atoms with Crippen LogP contribution in [0.25, 0.3) is 0 Å². The quantitative estimate of drug-likeness (QED) is 0.525. The Balaban J connectivity index is 1.55. The van der Waals surface area contributed by atoms with Crippen LogP contribution in [0.4, 0.5) is 0 Å². The molecule has 2 heteroatoms. The maximum Gasteiger partial charge on any atom is 0.0616 e. The molecular weight excluding hydrogens is 356 g/mol. The SMILES string of the molecule is CC(C)CCC[C@@H](C)[C@H]1CC[C@H]2C3=CC[C@H]4C[C@@H](O)CC[C@]4(C)[C@H]3[C@@H](O)C[C@]12C. The van der Waals surface area contributed by atoms with Gasteiger partial charge in [-0.05, 0) is 85.4 Å². The first-order valence-electron chi connectivity index (χ1n) is 12.7. The summed E-state index contributed by atoms with van der Waals surface area (Å²) >= 11 is 0. The predicted molar refractivity (Wildman–Crippen MR) is 120 cm³/mol. The average molecular weight is 403 g/mol. The molecule has 0 spiro atoms. The lowest BCUT2D eigenvalue weighted by Gasteiger charge is -2.59. The van der Waals surface area contributed by atoms with Crippen LogP contribution >= 0.6 is 0 Å². The number of rotatable bonds is 5. The fraction of sp³-hybridized carbons (Fsp3) is 0.926. The van der Waals surface area contributed by atoms with Gasteiger partial charge in [0, 0.05) is 5.92 Å². The minimum absolute atomic E-state index is 0.128. The van der Waals surface area contributed by atoms with E-state index in [0.717, 1.165) is 49.9 Å². The third kappa shape index (κ3) is 3.65. The highest BCUT2D eigenvalue weighted by atomic mass is 16.3. The summed E-state index contributed by atoms with van der Waals surface area (Å²) in [5.41, 5.74) is 2.08. The molecule has 4 aliphatic carbocycles. The molecule has 3 fully saturated rings. The van der Waals surface area contributed by atoms with Gasteiger partial charge < -0.3 is 10.2 Å². The van der Waals surface area contributed by atoms with Gasteiger partial charge in [0.15, 0.2) is 0 Å². The number of fused-ring (bicyclic) bond motifs is 5. The molecule has 0 unspecified atom stereocenters. The van der Waals surface area contributed by atoms with E-state index in [-0.39, 0.29) is 23.0 Å². The minimum atomic E-state index is -0.200. The molecule has 0 aromatic carbocycles. The molecule has 0 aliphatic heterocycles. The first-order chi connectivity index (χ1) is 13.7. The van der Waals surface area contributed by atoms with Crippen LogP contribution in [0.3, 0.4) is 0 Å². The van der Waals surface area contributed by atoms with Crippen LogP contribution < -0.4 is 0 Å². The van der Waals surface area contributed by atoms with Crippen LogP contribution in [0.5, 0.6) is 0 Å². The highest BCUT2D eigenvalue weighted by molar-refractivity contribution is 5.29. The summed E-state index contributed by atoms with van der Waals surface area (Å²) in [4.78, 5) is 0. The Labute approximate surface area is 179 Å². The van der Waals surface area contributed by atoms with Gasteiger partial charge in [0.05, 0.1) is 12.2 Å². The van der Waals surface area contributed by atoms with Crippen molar-refractivity contribution in [1.82, 2.24) is 0 Å². The van der Waals surface area contributed by atoms with Crippen molar-refractivity contribution >= 4 is 0 Å². The van der Waals surface area contributed by atoms with Gasteiger partial charge in [0.25, 0.3) is 0 Å². The van der Waals surface area contributed by atoms with Gasteiger partial charge in [-0.15, -0.1) is 0 Å². The molecule has 4 aliphatic rings. The maximum atomic E-state index is 11.5. The van der Waals surface area contributed by atoms with E-state index in [1.807, 2.05) is 0 Å². The maximum absolute atomic E-state index is 11.5. The molecule has 0 bridgehead atoms. The summed E-state index contributed by atoms with van der Waals surface area (Å²) in [6.45, 7) is 12.1. The van der Waals surface area contributed by atoms with Crippen molar-refractivity contribution in [2.24, 2.45) is 46.3 Å². The molecular formula is C27H46O2. The van der Waals surface area contributed by atoms with E-state index in [4.69, 9.17) is 0 Å². The van der Waals surface area contributed by atoms with E-state index >= 15 is 0 Å². The fourth-order valence-corrected chi connectivity index (χ4v) is 8.64. The van der Waals surface area contributed by atoms with E-state index in [2.05, 4.69) is 40.7 Å². The molecule has 0 heterocycles. The van der Waals surface area contributed by atoms with Gasteiger partial charge in [-0.25, -0.2) is 0 Å². The lowest BCUT2D eigenvalue weighted by atomic mass is 9.47. The van der Waals surface area contributed by atoms with Gasteiger partial charge in [0.1, 0.15) is 0 Å². The van der Waals surface area contributed by atoms with Gasteiger partial charge in [0.2, 0.25) is 0 Å². The molecule has 29 heavy (non-hydrogen) atoms. The lowest BCUT2D eigenvalue weighted by Crippen LogP contribution is -2.55. The molecule has 0 amide bonds. The zero-order valence-corrected chi connectivity index (χ0v) is 19.7. The molecule has 4 rings (SSSR count). The fourth-order valence-electron chi connectivity index (χ4n) is 8.64. The van der Waals surface area contributed by atoms with Gasteiger partial charge >= 0.3 is 0 Å². The van der Waals surface area contributed by atoms with Crippen molar-refractivity contribution < 1.29 is 10.2 Å². The largest absolute Gasteiger partial charge is 0.393 e. The van der Waals surface area contributed by atoms with E-state index in [1.54, 1.807) is 5.57 Å². The summed E-state index contributed by atoms with van der Waals surface area (Å²) in [7, 11) is 0. The lowest BCUT2D eigenvalue weighted by molar-refractivity contribution is -0.0995. The van der Waals surface area contributed by atoms with Crippen LogP contribution in [0.2, 0.25) is 0 Å². The molecule has 3 saturated carbocycles. The summed E-state index contributed by atoms with van der Waals surface area (Å²) in [5.74, 6) is 3.90. The van der Waals surface area contributed by atoms with E-state index < -0.39 is 0 Å². The second-order valence-corrected chi connectivity index (χ2v) is 12.4. The smallest absolute Gasteiger partial charge is 0.0616 e. The Morgan fingerprint density at radius 1 is 1.03 bits per heavy atom. The monoisotopic (exact) mass is 402 g/mol. The van der Waals surface area contributed by atoms with Crippen molar-refractivity contribution in [2.45, 2.75) is 111 Å². The third-order valence-corrected chi connectivity index (χ3v) is 10.2. The molecule has 0 aromatic heterocycles.